The molecule has 2 aromatic carbocycles. The molecule has 11 nitrogen and oxygen atoms in total. The number of aryl methyl sites for hydroxylation is 1. The van der Waals surface area contributed by atoms with Crippen LogP contribution < -0.4 is 10.2 Å². The molecule has 0 unspecified atom stereocenters. The molecule has 4 aromatic heterocycles. The van der Waals surface area contributed by atoms with Crippen molar-refractivity contribution in [3.05, 3.63) is 85.1 Å². The van der Waals surface area contributed by atoms with Gasteiger partial charge >= 0.3 is 0 Å². The summed E-state index contributed by atoms with van der Waals surface area (Å²) in [6.45, 7) is 2.16. The van der Waals surface area contributed by atoms with Gasteiger partial charge in [-0.25, -0.2) is 33.4 Å². The Morgan fingerprint density at radius 3 is 2.79 bits per heavy atom. The summed E-state index contributed by atoms with van der Waals surface area (Å²) < 4.78 is 32.0. The molecule has 4 bridgehead atoms. The van der Waals surface area contributed by atoms with E-state index in [1.165, 1.54) is 23.1 Å². The Hall–Kier alpha value is -5.17. The van der Waals surface area contributed by atoms with E-state index in [1.807, 2.05) is 46.5 Å². The number of alkyl halides is 1. The highest BCUT2D eigenvalue weighted by Gasteiger charge is 2.41. The van der Waals surface area contributed by atoms with E-state index in [1.54, 1.807) is 6.20 Å². The number of imidazole rings is 1. The van der Waals surface area contributed by atoms with Crippen molar-refractivity contribution in [3.8, 4) is 16.9 Å². The smallest absolute Gasteiger partial charge is 0.245 e. The number of hydrogen-bond donors (Lipinski definition) is 1. The molecule has 6 heterocycles. The number of anilines is 2. The number of para-hydroxylation sites is 1. The molecule has 8 rings (SSSR count). The third kappa shape index (κ3) is 5.37. The van der Waals surface area contributed by atoms with Gasteiger partial charge in [0.25, 0.3) is 0 Å². The summed E-state index contributed by atoms with van der Waals surface area (Å²) in [5, 5.41) is 8.53. The van der Waals surface area contributed by atoms with Crippen LogP contribution in [0, 0.1) is 11.6 Å². The predicted octanol–water partition coefficient (Wildman–Crippen LogP) is 5.43. The largest absolute Gasteiger partial charge is 0.365 e. The van der Waals surface area contributed by atoms with E-state index < -0.39 is 17.7 Å². The monoisotopic (exact) mass is 668 g/mol. The number of nitrogens with zero attached hydrogens (tertiary/aromatic N) is 9. The first-order chi connectivity index (χ1) is 23.5. The van der Waals surface area contributed by atoms with Crippen molar-refractivity contribution >= 4 is 51.2 Å². The molecule has 0 aliphatic carbocycles. The Morgan fingerprint density at radius 2 is 1.92 bits per heavy atom. The van der Waals surface area contributed by atoms with Crippen LogP contribution in [0.2, 0.25) is 0 Å². The number of rotatable bonds is 5. The number of hydrogen-bond acceptors (Lipinski definition) is 8. The molecule has 244 valence electrons. The minimum atomic E-state index is -0.768. The normalized spacial score (nSPS) is 18.3. The average molecular weight is 669 g/mol. The minimum absolute atomic E-state index is 0.0269. The SMILES string of the molecule is O=C1[C@@H]2C[C@@H](CN2c2ncnc3c2cnn3-c2ccc(F)cc2F)Nc2cccc(n2)-c2cccc3ncn(c23)CCCN1CCCCl. The van der Waals surface area contributed by atoms with E-state index in [9.17, 15) is 13.6 Å². The molecule has 0 spiro atoms. The Morgan fingerprint density at radius 1 is 1.02 bits per heavy atom. The van der Waals surface area contributed by atoms with Gasteiger partial charge in [-0.1, -0.05) is 18.2 Å². The molecule has 2 atom stereocenters. The van der Waals surface area contributed by atoms with Gasteiger partial charge in [0.15, 0.2) is 11.5 Å². The van der Waals surface area contributed by atoms with E-state index in [0.29, 0.717) is 74.0 Å². The topological polar surface area (TPSA) is 110 Å². The minimum Gasteiger partial charge on any atom is -0.365 e. The standard InChI is InChI=1S/C34H31ClF2N10O/c35-11-3-12-44-13-4-14-45-20-40-27-7-1-5-23(31(27)45)26-6-2-8-30(43-26)42-22-16-29(34(44)48)46(18-22)32-24-17-41-47(33(24)39-19-38-32)28-10-9-21(36)15-25(28)37/h1-2,5-10,15,17,19-20,22,29H,3-4,11-14,16,18H2,(H,42,43)/t22-,29-/m0/s1. The lowest BCUT2D eigenvalue weighted by molar-refractivity contribution is -0.132. The summed E-state index contributed by atoms with van der Waals surface area (Å²) in [6.07, 6.45) is 6.65. The quantitative estimate of drug-likeness (QED) is 0.243. The number of nitrogens with one attached hydrogen (secondary N) is 1. The van der Waals surface area contributed by atoms with Crippen molar-refractivity contribution in [1.82, 2.24) is 39.2 Å². The molecule has 14 heteroatoms. The number of carbonyl (C=O) groups is 1. The third-order valence-electron chi connectivity index (χ3n) is 9.06. The lowest BCUT2D eigenvalue weighted by Crippen LogP contribution is -2.47. The number of carbonyl (C=O) groups excluding carboxylic acids is 1. The Bertz CT molecular complexity index is 2150. The lowest BCUT2D eigenvalue weighted by Gasteiger charge is -2.31. The summed E-state index contributed by atoms with van der Waals surface area (Å²) >= 11 is 6.12. The molecule has 2 aliphatic heterocycles. The van der Waals surface area contributed by atoms with Crippen LogP contribution in [0.4, 0.5) is 20.4 Å². The highest BCUT2D eigenvalue weighted by molar-refractivity contribution is 6.17. The molecule has 1 saturated heterocycles. The Kier molecular flexibility index (Phi) is 7.83. The first kappa shape index (κ1) is 30.2. The van der Waals surface area contributed by atoms with Crippen molar-refractivity contribution in [1.29, 1.82) is 0 Å². The van der Waals surface area contributed by atoms with Gasteiger partial charge in [0.1, 0.15) is 35.5 Å². The van der Waals surface area contributed by atoms with E-state index in [2.05, 4.69) is 36.0 Å². The van der Waals surface area contributed by atoms with Crippen molar-refractivity contribution < 1.29 is 13.6 Å². The van der Waals surface area contributed by atoms with Crippen LogP contribution in [0.25, 0.3) is 39.0 Å². The molecular weight excluding hydrogens is 638 g/mol. The van der Waals surface area contributed by atoms with Gasteiger partial charge in [0.05, 0.1) is 34.6 Å². The summed E-state index contributed by atoms with van der Waals surface area (Å²) in [6, 6.07) is 14.5. The number of aromatic nitrogens is 7. The van der Waals surface area contributed by atoms with Crippen LogP contribution in [-0.2, 0) is 11.3 Å². The van der Waals surface area contributed by atoms with Crippen LogP contribution in [0.3, 0.4) is 0 Å². The average Bonchev–Trinajstić information content (AvgIpc) is 3.83. The zero-order valence-electron chi connectivity index (χ0n) is 25.8. The van der Waals surface area contributed by atoms with Crippen molar-refractivity contribution in [2.45, 2.75) is 37.9 Å². The molecule has 1 N–H and O–H groups in total. The van der Waals surface area contributed by atoms with Crippen molar-refractivity contribution in [2.24, 2.45) is 0 Å². The second-order valence-corrected chi connectivity index (χ2v) is 12.5. The first-order valence-corrected chi connectivity index (χ1v) is 16.5. The van der Waals surface area contributed by atoms with Crippen molar-refractivity contribution in [3.63, 3.8) is 0 Å². The highest BCUT2D eigenvalue weighted by atomic mass is 35.5. The zero-order chi connectivity index (χ0) is 32.8. The van der Waals surface area contributed by atoms with Crippen LogP contribution in [-0.4, -0.2) is 82.7 Å². The number of halogens is 3. The van der Waals surface area contributed by atoms with Crippen LogP contribution in [0.15, 0.2) is 73.4 Å². The van der Waals surface area contributed by atoms with E-state index in [0.717, 1.165) is 28.4 Å². The molecule has 1 fully saturated rings. The Labute approximate surface area is 279 Å². The van der Waals surface area contributed by atoms with E-state index in [-0.39, 0.29) is 17.6 Å². The maximum atomic E-state index is 14.8. The van der Waals surface area contributed by atoms with E-state index >= 15 is 0 Å². The second kappa shape index (κ2) is 12.5. The van der Waals surface area contributed by atoms with Crippen LogP contribution in [0.5, 0.6) is 0 Å². The third-order valence-corrected chi connectivity index (χ3v) is 9.32. The fourth-order valence-electron chi connectivity index (χ4n) is 6.90. The number of benzene rings is 2. The summed E-state index contributed by atoms with van der Waals surface area (Å²) in [4.78, 5) is 37.1. The van der Waals surface area contributed by atoms with Crippen molar-refractivity contribution in [2.75, 3.05) is 35.7 Å². The van der Waals surface area contributed by atoms with Gasteiger partial charge in [0.2, 0.25) is 5.91 Å². The van der Waals surface area contributed by atoms with Gasteiger partial charge in [-0.3, -0.25) is 4.79 Å². The van der Waals surface area contributed by atoms with Crippen LogP contribution >= 0.6 is 11.6 Å². The zero-order valence-corrected chi connectivity index (χ0v) is 26.6. The molecule has 1 amide bonds. The van der Waals surface area contributed by atoms with Gasteiger partial charge in [-0.05, 0) is 49.6 Å². The number of pyridine rings is 1. The number of fused-ring (bicyclic) bond motifs is 6. The van der Waals surface area contributed by atoms with Gasteiger partial charge in [-0.2, -0.15) is 5.10 Å². The fraction of sp³-hybridized carbons (Fsp3) is 0.294. The van der Waals surface area contributed by atoms with Gasteiger partial charge in [-0.15, -0.1) is 11.6 Å². The molecule has 0 saturated carbocycles. The molecule has 2 aliphatic rings. The molecule has 48 heavy (non-hydrogen) atoms. The summed E-state index contributed by atoms with van der Waals surface area (Å²) in [5.41, 5.74) is 4.12. The maximum absolute atomic E-state index is 14.8. The summed E-state index contributed by atoms with van der Waals surface area (Å²) in [7, 11) is 0. The van der Waals surface area contributed by atoms with Gasteiger partial charge < -0.3 is 19.7 Å². The lowest BCUT2D eigenvalue weighted by atomic mass is 10.1. The second-order valence-electron chi connectivity index (χ2n) is 12.1. The first-order valence-electron chi connectivity index (χ1n) is 15.9. The van der Waals surface area contributed by atoms with E-state index in [4.69, 9.17) is 16.6 Å². The Balaban J connectivity index is 1.21. The summed E-state index contributed by atoms with van der Waals surface area (Å²) in [5.74, 6) is 0.148. The molecule has 0 radical (unpaired) electrons. The number of amides is 1. The maximum Gasteiger partial charge on any atom is 0.245 e. The van der Waals surface area contributed by atoms with Gasteiger partial charge in [0, 0.05) is 49.7 Å². The predicted molar refractivity (Wildman–Crippen MR) is 179 cm³/mol. The fourth-order valence-corrected chi connectivity index (χ4v) is 7.02. The highest BCUT2D eigenvalue weighted by Crippen LogP contribution is 2.34. The molecule has 6 aromatic rings. The molecular formula is C34H31ClF2N10O. The van der Waals surface area contributed by atoms with Crippen LogP contribution in [0.1, 0.15) is 19.3 Å².